The molecule has 0 aliphatic carbocycles. The molecule has 0 saturated carbocycles. The zero-order valence-corrected chi connectivity index (χ0v) is 12.5. The lowest BCUT2D eigenvalue weighted by Gasteiger charge is -2.12. The quantitative estimate of drug-likeness (QED) is 0.844. The first-order valence-electron chi connectivity index (χ1n) is 6.42. The van der Waals surface area contributed by atoms with Crippen LogP contribution < -0.4 is 10.1 Å². The normalized spacial score (nSPS) is 8.96. The molecule has 0 amide bonds. The Morgan fingerprint density at radius 1 is 0.957 bits per heavy atom. The van der Waals surface area contributed by atoms with Gasteiger partial charge in [0.15, 0.2) is 11.3 Å². The summed E-state index contributed by atoms with van der Waals surface area (Å²) >= 11 is 5.92. The van der Waals surface area contributed by atoms with Gasteiger partial charge in [-0.1, -0.05) is 29.8 Å². The maximum Gasteiger partial charge on any atom is 0.163 e. The van der Waals surface area contributed by atoms with E-state index in [0.717, 1.165) is 0 Å². The van der Waals surface area contributed by atoms with Gasteiger partial charge >= 0.3 is 0 Å². The third kappa shape index (κ3) is 4.02. The number of nitriles is 3. The van der Waals surface area contributed by atoms with Crippen LogP contribution >= 0.6 is 11.6 Å². The third-order valence-corrected chi connectivity index (χ3v) is 2.99. The van der Waals surface area contributed by atoms with Gasteiger partial charge in [-0.2, -0.15) is 15.8 Å². The molecule has 5 nitrogen and oxygen atoms in total. The van der Waals surface area contributed by atoms with Crippen molar-refractivity contribution in [2.45, 2.75) is 0 Å². The number of nitrogens with one attached hydrogen (secondary N) is 1. The summed E-state index contributed by atoms with van der Waals surface area (Å²) in [5.41, 5.74) is 0.00854. The minimum atomic E-state index is -0.301. The molecule has 0 fully saturated rings. The van der Waals surface area contributed by atoms with Gasteiger partial charge in [0.05, 0.1) is 5.69 Å². The summed E-state index contributed by atoms with van der Waals surface area (Å²) in [7, 11) is 0. The van der Waals surface area contributed by atoms with E-state index in [1.807, 2.05) is 0 Å². The Morgan fingerprint density at radius 2 is 1.70 bits per heavy atom. The summed E-state index contributed by atoms with van der Waals surface area (Å²) in [4.78, 5) is 0. The highest BCUT2D eigenvalue weighted by Gasteiger charge is 2.10. The zero-order chi connectivity index (χ0) is 16.7. The molecule has 2 rings (SSSR count). The van der Waals surface area contributed by atoms with Crippen LogP contribution in [-0.4, -0.2) is 0 Å². The van der Waals surface area contributed by atoms with Crippen molar-refractivity contribution >= 4 is 17.3 Å². The smallest absolute Gasteiger partial charge is 0.163 e. The number of halogens is 1. The fourth-order valence-electron chi connectivity index (χ4n) is 1.73. The van der Waals surface area contributed by atoms with Crippen LogP contribution in [0.25, 0.3) is 0 Å². The van der Waals surface area contributed by atoms with E-state index in [2.05, 4.69) is 5.32 Å². The third-order valence-electron chi connectivity index (χ3n) is 2.76. The number of hydrogen-bond acceptors (Lipinski definition) is 5. The van der Waals surface area contributed by atoms with Crippen molar-refractivity contribution in [3.05, 3.63) is 64.8 Å². The highest BCUT2D eigenvalue weighted by atomic mass is 35.5. The van der Waals surface area contributed by atoms with Crippen molar-refractivity contribution in [3.63, 3.8) is 0 Å². The van der Waals surface area contributed by atoms with Crippen LogP contribution in [0.5, 0.6) is 11.5 Å². The molecule has 0 aromatic heterocycles. The molecule has 23 heavy (non-hydrogen) atoms. The summed E-state index contributed by atoms with van der Waals surface area (Å²) < 4.78 is 5.74. The average Bonchev–Trinajstić information content (AvgIpc) is 2.56. The van der Waals surface area contributed by atoms with Gasteiger partial charge < -0.3 is 10.1 Å². The highest BCUT2D eigenvalue weighted by Crippen LogP contribution is 2.31. The van der Waals surface area contributed by atoms with E-state index in [4.69, 9.17) is 32.1 Å². The van der Waals surface area contributed by atoms with Crippen LogP contribution in [0.3, 0.4) is 0 Å². The molecule has 0 radical (unpaired) electrons. The van der Waals surface area contributed by atoms with Crippen LogP contribution in [0.4, 0.5) is 5.69 Å². The van der Waals surface area contributed by atoms with Crippen molar-refractivity contribution in [2.24, 2.45) is 0 Å². The first-order valence-corrected chi connectivity index (χ1v) is 6.79. The Bertz CT molecular complexity index is 868. The van der Waals surface area contributed by atoms with Crippen molar-refractivity contribution < 1.29 is 4.74 Å². The first kappa shape index (κ1) is 15.9. The number of benzene rings is 2. The topological polar surface area (TPSA) is 92.6 Å². The average molecular weight is 321 g/mol. The molecule has 0 spiro atoms. The van der Waals surface area contributed by atoms with E-state index >= 15 is 0 Å². The van der Waals surface area contributed by atoms with E-state index in [1.54, 1.807) is 66.7 Å². The van der Waals surface area contributed by atoms with Crippen molar-refractivity contribution in [1.82, 2.24) is 0 Å². The highest BCUT2D eigenvalue weighted by molar-refractivity contribution is 6.30. The van der Waals surface area contributed by atoms with Gasteiger partial charge in [-0.25, -0.2) is 0 Å². The van der Waals surface area contributed by atoms with Gasteiger partial charge in [-0.05, 0) is 30.3 Å². The SMILES string of the molecule is N#CC(C#N)=C(C#N)Nc1ccccc1Oc1cccc(Cl)c1. The number of hydrogen-bond donors (Lipinski definition) is 1. The molecule has 0 atom stereocenters. The van der Waals surface area contributed by atoms with Gasteiger partial charge in [-0.3, -0.25) is 0 Å². The number of ether oxygens (including phenoxy) is 1. The monoisotopic (exact) mass is 320 g/mol. The summed E-state index contributed by atoms with van der Waals surface area (Å²) in [6, 6.07) is 18.9. The minimum Gasteiger partial charge on any atom is -0.455 e. The molecular weight excluding hydrogens is 312 g/mol. The fraction of sp³-hybridized carbons (Fsp3) is 0. The molecule has 0 aliphatic rings. The molecule has 110 valence electrons. The van der Waals surface area contributed by atoms with E-state index in [0.29, 0.717) is 22.2 Å². The molecule has 6 heteroatoms. The Balaban J connectivity index is 2.36. The Labute approximate surface area is 138 Å². The Morgan fingerprint density at radius 3 is 2.35 bits per heavy atom. The number of para-hydroxylation sites is 2. The number of allylic oxidation sites excluding steroid dienone is 2. The second-order valence-electron chi connectivity index (χ2n) is 4.27. The van der Waals surface area contributed by atoms with Crippen LogP contribution in [0, 0.1) is 34.0 Å². The predicted molar refractivity (Wildman–Crippen MR) is 85.5 cm³/mol. The lowest BCUT2D eigenvalue weighted by molar-refractivity contribution is 0.485. The van der Waals surface area contributed by atoms with E-state index in [-0.39, 0.29) is 11.3 Å². The lowest BCUT2D eigenvalue weighted by atomic mass is 10.2. The zero-order valence-electron chi connectivity index (χ0n) is 11.7. The largest absolute Gasteiger partial charge is 0.455 e. The Kier molecular flexibility index (Phi) is 5.21. The van der Waals surface area contributed by atoms with Crippen LogP contribution in [0.2, 0.25) is 5.02 Å². The summed E-state index contributed by atoms with van der Waals surface area (Å²) in [6.45, 7) is 0. The molecule has 2 aromatic rings. The molecular formula is C17H9ClN4O. The van der Waals surface area contributed by atoms with Gasteiger partial charge in [-0.15, -0.1) is 0 Å². The van der Waals surface area contributed by atoms with Crippen LogP contribution in [-0.2, 0) is 0 Å². The molecule has 0 saturated heterocycles. The lowest BCUT2D eigenvalue weighted by Crippen LogP contribution is -2.02. The molecule has 2 aromatic carbocycles. The second kappa shape index (κ2) is 7.52. The maximum absolute atomic E-state index is 9.11. The van der Waals surface area contributed by atoms with E-state index in [9.17, 15) is 0 Å². The van der Waals surface area contributed by atoms with Crippen molar-refractivity contribution in [1.29, 1.82) is 15.8 Å². The van der Waals surface area contributed by atoms with Crippen molar-refractivity contribution in [2.75, 3.05) is 5.32 Å². The Hall–Kier alpha value is -3.46. The predicted octanol–water partition coefficient (Wildman–Crippen LogP) is 4.37. The summed E-state index contributed by atoms with van der Waals surface area (Å²) in [5.74, 6) is 0.952. The van der Waals surface area contributed by atoms with E-state index < -0.39 is 0 Å². The number of nitrogens with zero attached hydrogens (tertiary/aromatic N) is 3. The van der Waals surface area contributed by atoms with Gasteiger partial charge in [0.1, 0.15) is 29.7 Å². The summed E-state index contributed by atoms with van der Waals surface area (Å²) in [6.07, 6.45) is 0. The second-order valence-corrected chi connectivity index (χ2v) is 4.70. The van der Waals surface area contributed by atoms with Gasteiger partial charge in [0.25, 0.3) is 0 Å². The van der Waals surface area contributed by atoms with E-state index in [1.165, 1.54) is 0 Å². The molecule has 0 heterocycles. The summed E-state index contributed by atoms with van der Waals surface area (Å²) in [5, 5.41) is 30.1. The van der Waals surface area contributed by atoms with Crippen LogP contribution in [0.15, 0.2) is 59.8 Å². The van der Waals surface area contributed by atoms with Gasteiger partial charge in [0.2, 0.25) is 0 Å². The molecule has 0 unspecified atom stereocenters. The van der Waals surface area contributed by atoms with Crippen LogP contribution in [0.1, 0.15) is 0 Å². The minimum absolute atomic E-state index is 0.142. The standard InChI is InChI=1S/C17H9ClN4O/c18-13-4-3-5-14(8-13)23-17-7-2-1-6-15(17)22-16(11-21)12(9-19)10-20/h1-8,22H. The molecule has 0 aliphatic heterocycles. The number of anilines is 1. The number of rotatable bonds is 4. The molecule has 1 N–H and O–H groups in total. The molecule has 0 bridgehead atoms. The fourth-order valence-corrected chi connectivity index (χ4v) is 1.91. The maximum atomic E-state index is 9.11. The van der Waals surface area contributed by atoms with Crippen molar-refractivity contribution in [3.8, 4) is 29.7 Å². The van der Waals surface area contributed by atoms with Gasteiger partial charge in [0, 0.05) is 5.02 Å². The first-order chi connectivity index (χ1) is 11.2.